The van der Waals surface area contributed by atoms with Crippen molar-refractivity contribution in [2.75, 3.05) is 6.61 Å². The smallest absolute Gasteiger partial charge is 0.435 e. The third kappa shape index (κ3) is 3.25. The lowest BCUT2D eigenvalue weighted by Gasteiger charge is -2.33. The molecule has 1 aliphatic carbocycles. The molecule has 0 saturated heterocycles. The van der Waals surface area contributed by atoms with Gasteiger partial charge in [0.2, 0.25) is 0 Å². The SMILES string of the molecule is CCOC(=O)OC1CCC2(C=C(c3ccccc3)NO2)CC1. The number of rotatable bonds is 3. The van der Waals surface area contributed by atoms with E-state index in [-0.39, 0.29) is 11.7 Å². The Morgan fingerprint density at radius 3 is 2.73 bits per heavy atom. The molecule has 1 aromatic rings. The summed E-state index contributed by atoms with van der Waals surface area (Å²) in [5.74, 6) is 0. The lowest BCUT2D eigenvalue weighted by molar-refractivity contribution is -0.0813. The standard InChI is InChI=1S/C17H21NO4/c1-2-20-16(19)21-14-8-10-17(11-9-14)12-15(18-22-17)13-6-4-3-5-7-13/h3-7,12,14,18H,2,8-11H2,1H3. The van der Waals surface area contributed by atoms with Gasteiger partial charge in [0, 0.05) is 0 Å². The number of ether oxygens (including phenoxy) is 2. The van der Waals surface area contributed by atoms with Crippen LogP contribution in [-0.2, 0) is 14.3 Å². The molecule has 0 amide bonds. The van der Waals surface area contributed by atoms with Gasteiger partial charge in [-0.3, -0.25) is 10.3 Å². The molecule has 1 heterocycles. The van der Waals surface area contributed by atoms with Crippen molar-refractivity contribution in [3.8, 4) is 0 Å². The van der Waals surface area contributed by atoms with Gasteiger partial charge in [-0.15, -0.1) is 0 Å². The van der Waals surface area contributed by atoms with Crippen LogP contribution in [0.4, 0.5) is 4.79 Å². The van der Waals surface area contributed by atoms with Gasteiger partial charge in [-0.1, -0.05) is 30.3 Å². The van der Waals surface area contributed by atoms with Gasteiger partial charge in [-0.05, 0) is 44.2 Å². The Morgan fingerprint density at radius 2 is 2.05 bits per heavy atom. The van der Waals surface area contributed by atoms with Crippen molar-refractivity contribution in [1.29, 1.82) is 0 Å². The number of carbonyl (C=O) groups is 1. The van der Waals surface area contributed by atoms with Crippen LogP contribution in [0.1, 0.15) is 38.2 Å². The Labute approximate surface area is 130 Å². The highest BCUT2D eigenvalue weighted by atomic mass is 16.7. The fourth-order valence-corrected chi connectivity index (χ4v) is 2.97. The Bertz CT molecular complexity index is 547. The molecule has 2 aliphatic rings. The maximum Gasteiger partial charge on any atom is 0.508 e. The van der Waals surface area contributed by atoms with Crippen LogP contribution in [0.25, 0.3) is 5.70 Å². The zero-order valence-corrected chi connectivity index (χ0v) is 12.7. The van der Waals surface area contributed by atoms with Crippen molar-refractivity contribution in [3.63, 3.8) is 0 Å². The fraction of sp³-hybridized carbons (Fsp3) is 0.471. The molecule has 0 radical (unpaired) electrons. The van der Waals surface area contributed by atoms with E-state index in [4.69, 9.17) is 14.3 Å². The largest absolute Gasteiger partial charge is 0.508 e. The highest BCUT2D eigenvalue weighted by Gasteiger charge is 2.40. The molecular formula is C17H21NO4. The summed E-state index contributed by atoms with van der Waals surface area (Å²) in [5, 5.41) is 0. The second kappa shape index (κ2) is 6.40. The van der Waals surface area contributed by atoms with Gasteiger partial charge >= 0.3 is 6.16 Å². The van der Waals surface area contributed by atoms with E-state index in [9.17, 15) is 4.79 Å². The highest BCUT2D eigenvalue weighted by molar-refractivity contribution is 5.65. The zero-order chi connectivity index (χ0) is 15.4. The summed E-state index contributed by atoms with van der Waals surface area (Å²) in [4.78, 5) is 17.2. The molecule has 0 atom stereocenters. The molecule has 22 heavy (non-hydrogen) atoms. The van der Waals surface area contributed by atoms with Gasteiger partial charge in [-0.25, -0.2) is 4.79 Å². The Kier molecular flexibility index (Phi) is 4.34. The van der Waals surface area contributed by atoms with E-state index in [1.165, 1.54) is 0 Å². The third-order valence-electron chi connectivity index (χ3n) is 4.16. The van der Waals surface area contributed by atoms with Gasteiger partial charge in [0.25, 0.3) is 0 Å². The zero-order valence-electron chi connectivity index (χ0n) is 12.7. The molecule has 1 aromatic carbocycles. The monoisotopic (exact) mass is 303 g/mol. The molecule has 1 fully saturated rings. The second-order valence-corrected chi connectivity index (χ2v) is 5.69. The predicted molar refractivity (Wildman–Crippen MR) is 81.7 cm³/mol. The topological polar surface area (TPSA) is 56.8 Å². The molecule has 1 spiro atoms. The van der Waals surface area contributed by atoms with E-state index in [0.717, 1.165) is 36.9 Å². The number of hydroxylamine groups is 1. The van der Waals surface area contributed by atoms with Crippen molar-refractivity contribution < 1.29 is 19.1 Å². The van der Waals surface area contributed by atoms with Gasteiger partial charge < -0.3 is 9.47 Å². The van der Waals surface area contributed by atoms with Gasteiger partial charge in [0.1, 0.15) is 11.7 Å². The summed E-state index contributed by atoms with van der Waals surface area (Å²) >= 11 is 0. The quantitative estimate of drug-likeness (QED) is 0.867. The van der Waals surface area contributed by atoms with Crippen LogP contribution in [0.2, 0.25) is 0 Å². The molecule has 0 bridgehead atoms. The van der Waals surface area contributed by atoms with E-state index >= 15 is 0 Å². The summed E-state index contributed by atoms with van der Waals surface area (Å²) in [6.45, 7) is 2.11. The minimum absolute atomic E-state index is 0.0811. The molecule has 118 valence electrons. The van der Waals surface area contributed by atoms with E-state index < -0.39 is 6.16 Å². The molecular weight excluding hydrogens is 282 g/mol. The minimum Gasteiger partial charge on any atom is -0.435 e. The van der Waals surface area contributed by atoms with Crippen molar-refractivity contribution in [3.05, 3.63) is 42.0 Å². The lowest BCUT2D eigenvalue weighted by atomic mass is 9.82. The van der Waals surface area contributed by atoms with Gasteiger partial charge in [0.05, 0.1) is 12.3 Å². The predicted octanol–water partition coefficient (Wildman–Crippen LogP) is 3.42. The number of carbonyl (C=O) groups excluding carboxylic acids is 1. The second-order valence-electron chi connectivity index (χ2n) is 5.69. The molecule has 1 saturated carbocycles. The fourth-order valence-electron chi connectivity index (χ4n) is 2.97. The van der Waals surface area contributed by atoms with Crippen molar-refractivity contribution >= 4 is 11.9 Å². The summed E-state index contributed by atoms with van der Waals surface area (Å²) in [6.07, 6.45) is 4.69. The van der Waals surface area contributed by atoms with Gasteiger partial charge in [-0.2, -0.15) is 0 Å². The maximum atomic E-state index is 11.4. The normalized spacial score (nSPS) is 27.1. The molecule has 5 nitrogen and oxygen atoms in total. The van der Waals surface area contributed by atoms with Crippen LogP contribution in [0.3, 0.4) is 0 Å². The van der Waals surface area contributed by atoms with Crippen LogP contribution in [0.15, 0.2) is 36.4 Å². The Balaban J connectivity index is 1.59. The highest BCUT2D eigenvalue weighted by Crippen LogP contribution is 2.38. The van der Waals surface area contributed by atoms with Crippen molar-refractivity contribution in [1.82, 2.24) is 5.48 Å². The lowest BCUT2D eigenvalue weighted by Crippen LogP contribution is -2.37. The molecule has 0 aromatic heterocycles. The molecule has 0 unspecified atom stereocenters. The summed E-state index contributed by atoms with van der Waals surface area (Å²) in [7, 11) is 0. The number of hydrogen-bond donors (Lipinski definition) is 1. The van der Waals surface area contributed by atoms with E-state index in [0.29, 0.717) is 6.61 Å². The third-order valence-corrected chi connectivity index (χ3v) is 4.16. The number of hydrogen-bond acceptors (Lipinski definition) is 5. The first-order valence-corrected chi connectivity index (χ1v) is 7.76. The van der Waals surface area contributed by atoms with Crippen LogP contribution in [0.5, 0.6) is 0 Å². The molecule has 3 rings (SSSR count). The van der Waals surface area contributed by atoms with Crippen molar-refractivity contribution in [2.45, 2.75) is 44.3 Å². The van der Waals surface area contributed by atoms with Crippen LogP contribution in [0, 0.1) is 0 Å². The van der Waals surface area contributed by atoms with Gasteiger partial charge in [0.15, 0.2) is 0 Å². The summed E-state index contributed by atoms with van der Waals surface area (Å²) in [6, 6.07) is 10.1. The Hall–Kier alpha value is -2.01. The van der Waals surface area contributed by atoms with Crippen molar-refractivity contribution in [2.24, 2.45) is 0 Å². The average molecular weight is 303 g/mol. The maximum absolute atomic E-state index is 11.4. The minimum atomic E-state index is -0.575. The first kappa shape index (κ1) is 14.9. The summed E-state index contributed by atoms with van der Waals surface area (Å²) in [5.41, 5.74) is 4.87. The Morgan fingerprint density at radius 1 is 1.32 bits per heavy atom. The van der Waals surface area contributed by atoms with Crippen LogP contribution < -0.4 is 5.48 Å². The van der Waals surface area contributed by atoms with E-state index in [2.05, 4.69) is 23.7 Å². The first-order chi connectivity index (χ1) is 10.7. The van der Waals surface area contributed by atoms with Crippen LogP contribution in [-0.4, -0.2) is 24.5 Å². The summed E-state index contributed by atoms with van der Waals surface area (Å²) < 4.78 is 10.1. The molecule has 1 aliphatic heterocycles. The van der Waals surface area contributed by atoms with Crippen LogP contribution >= 0.6 is 0 Å². The first-order valence-electron chi connectivity index (χ1n) is 7.76. The number of benzene rings is 1. The van der Waals surface area contributed by atoms with E-state index in [1.54, 1.807) is 6.92 Å². The molecule has 1 N–H and O–H groups in total. The average Bonchev–Trinajstić information content (AvgIpc) is 2.95. The van der Waals surface area contributed by atoms with E-state index in [1.807, 2.05) is 18.2 Å². The molecule has 5 heteroatoms. The number of nitrogens with one attached hydrogen (secondary N) is 1.